The Labute approximate surface area is 124 Å². The van der Waals surface area contributed by atoms with E-state index in [0.29, 0.717) is 18.9 Å². The lowest BCUT2D eigenvalue weighted by atomic mass is 10.0. The fraction of sp³-hybridized carbons (Fsp3) is 0.467. The number of carbonyl (C=O) groups is 1. The number of nitrogens with two attached hydrogens (primary N) is 1. The molecule has 2 rings (SSSR count). The number of hydrogen-bond donors (Lipinski definition) is 1. The molecule has 0 saturated heterocycles. The van der Waals surface area contributed by atoms with Crippen LogP contribution in [0.4, 0.5) is 10.6 Å². The van der Waals surface area contributed by atoms with E-state index in [-0.39, 0.29) is 6.09 Å². The number of pyridine rings is 1. The second-order valence-electron chi connectivity index (χ2n) is 6.00. The Bertz CT molecular complexity index is 532. The van der Waals surface area contributed by atoms with Gasteiger partial charge in [0.05, 0.1) is 0 Å². The third-order valence-electron chi connectivity index (χ3n) is 3.14. The molecule has 6 heteroatoms. The maximum Gasteiger partial charge on any atom is 0.410 e. The van der Waals surface area contributed by atoms with Crippen molar-refractivity contribution in [3.8, 4) is 0 Å². The molecule has 1 aliphatic rings. The van der Waals surface area contributed by atoms with Gasteiger partial charge in [-0.15, -0.1) is 0 Å². The molecule has 0 aliphatic carbocycles. The first-order valence-electron chi connectivity index (χ1n) is 6.97. The zero-order valence-corrected chi connectivity index (χ0v) is 12.6. The number of hydrogen-bond acceptors (Lipinski definition) is 4. The van der Waals surface area contributed by atoms with Crippen molar-refractivity contribution in [1.29, 1.82) is 0 Å². The van der Waals surface area contributed by atoms with Crippen LogP contribution in [-0.2, 0) is 4.74 Å². The second-order valence-corrected chi connectivity index (χ2v) is 6.00. The lowest BCUT2D eigenvalue weighted by molar-refractivity contribution is -0.501. The third kappa shape index (κ3) is 4.27. The molecule has 0 fully saturated rings. The molecule has 1 aliphatic heterocycles. The highest BCUT2D eigenvalue weighted by atomic mass is 16.6. The van der Waals surface area contributed by atoms with Gasteiger partial charge in [-0.1, -0.05) is 6.08 Å². The number of quaternary nitrogens is 1. The van der Waals surface area contributed by atoms with Crippen molar-refractivity contribution >= 4 is 17.5 Å². The van der Waals surface area contributed by atoms with Gasteiger partial charge in [-0.2, -0.15) is 0 Å². The Balaban J connectivity index is 1.99. The van der Waals surface area contributed by atoms with Gasteiger partial charge >= 0.3 is 6.09 Å². The standard InChI is InChI=1S/C15H21N3O3/c1-15(2,3)21-14(19)18-8-6-11(7-9-18)12-4-5-13(17-20)16-10-12/h4-6,10H,7-9,17H2,1-3H3. The largest absolute Gasteiger partial charge is 0.629 e. The SMILES string of the molecule is CC(C)(C)OC(=O)N1CC=C(c2ccc([NH2+][O-])nc2)CC1. The van der Waals surface area contributed by atoms with E-state index in [1.54, 1.807) is 17.2 Å². The van der Waals surface area contributed by atoms with Gasteiger partial charge < -0.3 is 20.3 Å². The van der Waals surface area contributed by atoms with Gasteiger partial charge in [-0.3, -0.25) is 0 Å². The molecule has 0 aromatic carbocycles. The number of nitrogens with zero attached hydrogens (tertiary/aromatic N) is 2. The van der Waals surface area contributed by atoms with E-state index in [2.05, 4.69) is 4.98 Å². The average molecular weight is 291 g/mol. The minimum atomic E-state index is -0.477. The first kappa shape index (κ1) is 15.5. The number of amides is 1. The minimum absolute atomic E-state index is 0.285. The van der Waals surface area contributed by atoms with E-state index in [1.165, 1.54) is 0 Å². The van der Waals surface area contributed by atoms with E-state index in [0.717, 1.165) is 23.0 Å². The molecular weight excluding hydrogens is 270 g/mol. The van der Waals surface area contributed by atoms with Crippen LogP contribution in [-0.4, -0.2) is 34.7 Å². The number of aromatic nitrogens is 1. The van der Waals surface area contributed by atoms with Crippen molar-refractivity contribution in [2.75, 3.05) is 13.1 Å². The molecule has 114 valence electrons. The first-order valence-corrected chi connectivity index (χ1v) is 6.97. The number of ether oxygens (including phenoxy) is 1. The van der Waals surface area contributed by atoms with Crippen LogP contribution in [0.15, 0.2) is 24.4 Å². The van der Waals surface area contributed by atoms with Crippen LogP contribution >= 0.6 is 0 Å². The van der Waals surface area contributed by atoms with Gasteiger partial charge in [0, 0.05) is 25.4 Å². The summed E-state index contributed by atoms with van der Waals surface area (Å²) in [6.45, 7) is 6.72. The van der Waals surface area contributed by atoms with Crippen molar-refractivity contribution < 1.29 is 15.0 Å². The van der Waals surface area contributed by atoms with Gasteiger partial charge in [-0.05, 0) is 44.4 Å². The van der Waals surface area contributed by atoms with Gasteiger partial charge in [0.2, 0.25) is 5.82 Å². The number of rotatable bonds is 2. The summed E-state index contributed by atoms with van der Waals surface area (Å²) < 4.78 is 5.35. The molecule has 0 unspecified atom stereocenters. The Morgan fingerprint density at radius 2 is 2.19 bits per heavy atom. The lowest BCUT2D eigenvalue weighted by Crippen LogP contribution is -2.70. The van der Waals surface area contributed by atoms with Crippen LogP contribution in [0.25, 0.3) is 5.57 Å². The van der Waals surface area contributed by atoms with Crippen molar-refractivity contribution in [3.63, 3.8) is 0 Å². The molecule has 2 N–H and O–H groups in total. The monoisotopic (exact) mass is 291 g/mol. The molecule has 2 heterocycles. The van der Waals surface area contributed by atoms with Crippen LogP contribution in [0.3, 0.4) is 0 Å². The minimum Gasteiger partial charge on any atom is -0.629 e. The summed E-state index contributed by atoms with van der Waals surface area (Å²) in [5, 5.41) is 10.6. The van der Waals surface area contributed by atoms with E-state index < -0.39 is 5.60 Å². The van der Waals surface area contributed by atoms with Crippen LogP contribution < -0.4 is 5.48 Å². The van der Waals surface area contributed by atoms with E-state index in [1.807, 2.05) is 32.9 Å². The highest BCUT2D eigenvalue weighted by Gasteiger charge is 2.23. The smallest absolute Gasteiger partial charge is 0.410 e. The Morgan fingerprint density at radius 1 is 1.43 bits per heavy atom. The summed E-state index contributed by atoms with van der Waals surface area (Å²) in [7, 11) is 0. The Morgan fingerprint density at radius 3 is 2.67 bits per heavy atom. The zero-order chi connectivity index (χ0) is 15.5. The van der Waals surface area contributed by atoms with E-state index >= 15 is 0 Å². The van der Waals surface area contributed by atoms with Crippen molar-refractivity contribution in [1.82, 2.24) is 9.88 Å². The average Bonchev–Trinajstić information content (AvgIpc) is 2.46. The first-order chi connectivity index (χ1) is 9.89. The molecule has 0 saturated carbocycles. The summed E-state index contributed by atoms with van der Waals surface area (Å²) in [6, 6.07) is 3.58. The predicted octanol–water partition coefficient (Wildman–Crippen LogP) is 1.80. The maximum absolute atomic E-state index is 12.0. The molecule has 1 aromatic heterocycles. The summed E-state index contributed by atoms with van der Waals surface area (Å²) in [5.74, 6) is 0.422. The Hall–Kier alpha value is -1.92. The predicted molar refractivity (Wildman–Crippen MR) is 79.6 cm³/mol. The fourth-order valence-corrected chi connectivity index (χ4v) is 2.09. The van der Waals surface area contributed by atoms with Crippen molar-refractivity contribution in [3.05, 3.63) is 35.2 Å². The van der Waals surface area contributed by atoms with Crippen LogP contribution in [0.1, 0.15) is 32.8 Å². The summed E-state index contributed by atoms with van der Waals surface area (Å²) >= 11 is 0. The van der Waals surface area contributed by atoms with E-state index in [9.17, 15) is 10.0 Å². The highest BCUT2D eigenvalue weighted by Crippen LogP contribution is 2.23. The second kappa shape index (κ2) is 6.24. The molecule has 1 amide bonds. The van der Waals surface area contributed by atoms with Crippen molar-refractivity contribution in [2.24, 2.45) is 0 Å². The molecule has 21 heavy (non-hydrogen) atoms. The summed E-state index contributed by atoms with van der Waals surface area (Å²) in [5.41, 5.74) is 2.38. The third-order valence-corrected chi connectivity index (χ3v) is 3.14. The van der Waals surface area contributed by atoms with Gasteiger partial charge in [0.25, 0.3) is 0 Å². The molecule has 0 bridgehead atoms. The zero-order valence-electron chi connectivity index (χ0n) is 12.6. The van der Waals surface area contributed by atoms with Crippen molar-refractivity contribution in [2.45, 2.75) is 32.8 Å². The molecule has 0 atom stereocenters. The van der Waals surface area contributed by atoms with Gasteiger partial charge in [0.15, 0.2) is 0 Å². The molecule has 1 aromatic rings. The molecule has 0 radical (unpaired) electrons. The molecule has 6 nitrogen and oxygen atoms in total. The molecular formula is C15H21N3O3. The normalized spacial score (nSPS) is 15.6. The Kier molecular flexibility index (Phi) is 4.59. The van der Waals surface area contributed by atoms with Crippen LogP contribution in [0, 0.1) is 5.21 Å². The van der Waals surface area contributed by atoms with Crippen LogP contribution in [0.2, 0.25) is 0 Å². The topological polar surface area (TPSA) is 82.1 Å². The van der Waals surface area contributed by atoms with Gasteiger partial charge in [-0.25, -0.2) is 9.78 Å². The summed E-state index contributed by atoms with van der Waals surface area (Å²) in [4.78, 5) is 17.7. The summed E-state index contributed by atoms with van der Waals surface area (Å²) in [6.07, 6.45) is 4.16. The highest BCUT2D eigenvalue weighted by molar-refractivity contribution is 5.72. The number of carbonyl (C=O) groups excluding carboxylic acids is 1. The fourth-order valence-electron chi connectivity index (χ4n) is 2.09. The van der Waals surface area contributed by atoms with Gasteiger partial charge in [0.1, 0.15) is 5.60 Å². The molecule has 0 spiro atoms. The van der Waals surface area contributed by atoms with Crippen LogP contribution in [0.5, 0.6) is 0 Å². The lowest BCUT2D eigenvalue weighted by Gasteiger charge is -2.29. The maximum atomic E-state index is 12.0. The quantitative estimate of drug-likeness (QED) is 0.842. The van der Waals surface area contributed by atoms with E-state index in [4.69, 9.17) is 4.74 Å².